The number of fused-ring (bicyclic) bond motifs is 7. The van der Waals surface area contributed by atoms with E-state index in [1.165, 1.54) is 13.8 Å². The molecule has 9 rings (SSSR count). The molecular weight excluding hydrogens is 865 g/mol. The molecule has 66 heavy (non-hydrogen) atoms. The fourth-order valence-corrected chi connectivity index (χ4v) is 16.6. The molecule has 18 nitrogen and oxygen atoms in total. The van der Waals surface area contributed by atoms with Crippen molar-refractivity contribution in [2.45, 2.75) is 230 Å². The van der Waals surface area contributed by atoms with Gasteiger partial charge in [-0.15, -0.1) is 0 Å². The number of hydrogen-bond acceptors (Lipinski definition) is 17. The van der Waals surface area contributed by atoms with Crippen molar-refractivity contribution in [1.82, 2.24) is 0 Å². The van der Waals surface area contributed by atoms with Gasteiger partial charge in [-0.2, -0.15) is 0 Å². The number of carbonyl (C=O) groups excluding carboxylic acids is 1. The zero-order chi connectivity index (χ0) is 48.2. The first-order valence-electron chi connectivity index (χ1n) is 24.5. The molecule has 5 saturated carbocycles. The Morgan fingerprint density at radius 3 is 1.82 bits per heavy atom. The summed E-state index contributed by atoms with van der Waals surface area (Å²) < 4.78 is 42.9. The first-order valence-corrected chi connectivity index (χ1v) is 24.5. The molecule has 2 bridgehead atoms. The van der Waals surface area contributed by atoms with Gasteiger partial charge in [-0.25, -0.2) is 4.79 Å². The average Bonchev–Trinajstić information content (AvgIpc) is 3.75. The van der Waals surface area contributed by atoms with Crippen LogP contribution >= 0.6 is 0 Å². The van der Waals surface area contributed by atoms with E-state index in [2.05, 4.69) is 34.6 Å². The van der Waals surface area contributed by atoms with Crippen molar-refractivity contribution in [3.05, 3.63) is 0 Å². The van der Waals surface area contributed by atoms with E-state index in [1.807, 2.05) is 13.8 Å². The maximum absolute atomic E-state index is 13.6. The lowest BCUT2D eigenvalue weighted by Crippen LogP contribution is -2.69. The van der Waals surface area contributed by atoms with Gasteiger partial charge in [0.05, 0.1) is 29.3 Å². The highest BCUT2D eigenvalue weighted by Crippen LogP contribution is 2.79. The normalized spacial score (nSPS) is 56.7. The van der Waals surface area contributed by atoms with E-state index in [4.69, 9.17) is 33.2 Å². The number of aliphatic hydroxyl groups is 8. The van der Waals surface area contributed by atoms with Crippen LogP contribution in [0.15, 0.2) is 0 Å². The summed E-state index contributed by atoms with van der Waals surface area (Å²) in [4.78, 5) is 26.4. The first kappa shape index (κ1) is 49.4. The van der Waals surface area contributed by atoms with Gasteiger partial charge in [0.15, 0.2) is 25.0 Å². The molecular formula is C48H76O18. The maximum Gasteiger partial charge on any atom is 0.335 e. The number of esters is 1. The zero-order valence-corrected chi connectivity index (χ0v) is 39.8. The summed E-state index contributed by atoms with van der Waals surface area (Å²) >= 11 is 0. The fraction of sp³-hybridized carbons (Fsp3) is 0.958. The first-order chi connectivity index (χ1) is 30.6. The third-order valence-electron chi connectivity index (χ3n) is 20.1. The smallest absolute Gasteiger partial charge is 0.335 e. The lowest BCUT2D eigenvalue weighted by Gasteiger charge is -2.73. The number of carboxylic acids is 1. The van der Waals surface area contributed by atoms with Crippen LogP contribution in [-0.2, 0) is 42.7 Å². The maximum atomic E-state index is 13.6. The highest BCUT2D eigenvalue weighted by atomic mass is 16.8. The van der Waals surface area contributed by atoms with Gasteiger partial charge in [-0.05, 0) is 124 Å². The van der Waals surface area contributed by atoms with Crippen LogP contribution in [0.5, 0.6) is 0 Å². The van der Waals surface area contributed by atoms with Gasteiger partial charge in [-0.3, -0.25) is 4.79 Å². The van der Waals surface area contributed by atoms with Gasteiger partial charge < -0.3 is 79.1 Å². The van der Waals surface area contributed by atoms with Gasteiger partial charge in [0.2, 0.25) is 0 Å². The van der Waals surface area contributed by atoms with Crippen LogP contribution in [0.1, 0.15) is 120 Å². The Bertz CT molecular complexity index is 1860. The minimum Gasteiger partial charge on any atom is -0.479 e. The van der Waals surface area contributed by atoms with E-state index in [-0.39, 0.29) is 52.0 Å². The highest BCUT2D eigenvalue weighted by Gasteiger charge is 2.77. The van der Waals surface area contributed by atoms with Crippen LogP contribution in [-0.4, -0.2) is 168 Å². The van der Waals surface area contributed by atoms with Gasteiger partial charge in [0.25, 0.3) is 0 Å². The van der Waals surface area contributed by atoms with E-state index in [0.717, 1.165) is 44.9 Å². The molecule has 9 fully saturated rings. The summed E-state index contributed by atoms with van der Waals surface area (Å²) in [5.74, 6) is -1.04. The predicted octanol–water partition coefficient (Wildman–Crippen LogP) is 1.36. The third kappa shape index (κ3) is 7.07. The minimum absolute atomic E-state index is 0.0441. The molecule has 5 aliphatic carbocycles. The van der Waals surface area contributed by atoms with Crippen molar-refractivity contribution < 1.29 is 88.7 Å². The molecule has 26 atom stereocenters. The molecule has 0 aromatic carbocycles. The van der Waals surface area contributed by atoms with Crippen molar-refractivity contribution in [2.75, 3.05) is 0 Å². The van der Waals surface area contributed by atoms with Crippen LogP contribution in [0, 0.1) is 56.7 Å². The molecule has 4 saturated heterocycles. The van der Waals surface area contributed by atoms with E-state index < -0.39 is 121 Å². The Morgan fingerprint density at radius 2 is 1.24 bits per heavy atom. The molecule has 0 radical (unpaired) electrons. The van der Waals surface area contributed by atoms with Crippen molar-refractivity contribution in [3.8, 4) is 0 Å². The van der Waals surface area contributed by atoms with E-state index >= 15 is 0 Å². The van der Waals surface area contributed by atoms with Crippen LogP contribution < -0.4 is 0 Å². The molecule has 0 aromatic rings. The van der Waals surface area contributed by atoms with Crippen LogP contribution in [0.3, 0.4) is 0 Å². The van der Waals surface area contributed by atoms with E-state index in [9.17, 15) is 55.5 Å². The van der Waals surface area contributed by atoms with Crippen LogP contribution in [0.2, 0.25) is 0 Å². The Balaban J connectivity index is 1.01. The summed E-state index contributed by atoms with van der Waals surface area (Å²) in [5.41, 5.74) is -2.43. The van der Waals surface area contributed by atoms with Gasteiger partial charge in [0.1, 0.15) is 61.0 Å². The second kappa shape index (κ2) is 16.5. The quantitative estimate of drug-likeness (QED) is 0.123. The minimum atomic E-state index is -2.01. The summed E-state index contributed by atoms with van der Waals surface area (Å²) in [5, 5.41) is 98.0. The topological polar surface area (TPSA) is 281 Å². The lowest BCUT2D eigenvalue weighted by molar-refractivity contribution is -0.394. The number of rotatable bonds is 8. The van der Waals surface area contributed by atoms with Crippen molar-refractivity contribution in [2.24, 2.45) is 56.7 Å². The summed E-state index contributed by atoms with van der Waals surface area (Å²) in [6.07, 6.45) is -18.0. The molecule has 2 unspecified atom stereocenters. The Labute approximate surface area is 386 Å². The molecule has 1 spiro atoms. The lowest BCUT2D eigenvalue weighted by atomic mass is 9.32. The molecule has 4 aliphatic heterocycles. The SMILES string of the molecule is C[C@@H]1O[C@@H](O[C@H]2[C@H](O)[C@@H](C(=O)O)O[C@@H](O[C@H]3CC[C@]4(C)[C@H]5CC[C@@H]6[C@H]7[C@H](C(C)(C)O)[C@@H]8C[C@@]7(CC[C@@]6(C)[C@]5(C)CC[C@H]4C3(C)C)C(=O)O8)[C@@H]2OC2O[C@@H](C)[C@@H](O)C(O)[C@H]2O)[C@H](O)[C@H](O)[C@H]1O. The number of aliphatic carboxylic acids is 1. The van der Waals surface area contributed by atoms with Crippen LogP contribution in [0.4, 0.5) is 0 Å². The number of carboxylic acid groups (broad SMARTS) is 1. The third-order valence-corrected chi connectivity index (χ3v) is 20.1. The van der Waals surface area contributed by atoms with Crippen molar-refractivity contribution in [3.63, 3.8) is 0 Å². The number of hydrogen-bond donors (Lipinski definition) is 9. The van der Waals surface area contributed by atoms with Crippen LogP contribution in [0.25, 0.3) is 0 Å². The monoisotopic (exact) mass is 941 g/mol. The molecule has 9 aliphatic rings. The largest absolute Gasteiger partial charge is 0.479 e. The molecule has 18 heteroatoms. The number of ether oxygens (including phenoxy) is 7. The van der Waals surface area contributed by atoms with Crippen molar-refractivity contribution in [1.29, 1.82) is 0 Å². The molecule has 376 valence electrons. The molecule has 9 N–H and O–H groups in total. The van der Waals surface area contributed by atoms with E-state index in [1.54, 1.807) is 0 Å². The van der Waals surface area contributed by atoms with Crippen molar-refractivity contribution >= 4 is 11.9 Å². The van der Waals surface area contributed by atoms with Gasteiger partial charge in [0, 0.05) is 12.3 Å². The fourth-order valence-electron chi connectivity index (χ4n) is 16.6. The van der Waals surface area contributed by atoms with Gasteiger partial charge in [-0.1, -0.05) is 34.6 Å². The summed E-state index contributed by atoms with van der Waals surface area (Å²) in [6, 6.07) is 0. The molecule has 0 aromatic heterocycles. The summed E-state index contributed by atoms with van der Waals surface area (Å²) in [6.45, 7) is 18.3. The second-order valence-electron chi connectivity index (χ2n) is 24.0. The Kier molecular flexibility index (Phi) is 12.3. The summed E-state index contributed by atoms with van der Waals surface area (Å²) in [7, 11) is 0. The predicted molar refractivity (Wildman–Crippen MR) is 227 cm³/mol. The standard InChI is InChI=1S/C48H76O18/c1-19-28(49)30(51)32(53)39(60-19)64-35-34(55)36(38(56)57)65-41(37(35)66-40-33(54)31(52)29(50)20(2)61-40)63-25-13-14-45(7)23(43(25,3)4)12-15-47(9)24(45)11-10-21-26-27(44(5,6)59)22-18-48(26,42(58)62-22)17-16-46(21,47)8/h19-37,39-41,49-55,59H,10-18H2,1-9H3,(H,56,57)/t19-,20-,21+,22-,23-,24+,25-,26-,27+,28-,29+,30+,31?,32+,33+,34-,35-,36-,37+,39-,40?,41+,45-,46+,47+,48+/m0/s1. The Morgan fingerprint density at radius 1 is 0.652 bits per heavy atom. The average molecular weight is 941 g/mol. The number of aliphatic hydroxyl groups excluding tert-OH is 7. The zero-order valence-electron chi connectivity index (χ0n) is 39.8. The molecule has 0 amide bonds. The van der Waals surface area contributed by atoms with Gasteiger partial charge >= 0.3 is 11.9 Å². The second-order valence-corrected chi connectivity index (χ2v) is 24.0. The Hall–Kier alpha value is -1.62. The highest BCUT2D eigenvalue weighted by molar-refractivity contribution is 5.81. The van der Waals surface area contributed by atoms with E-state index in [0.29, 0.717) is 18.8 Å². The molecule has 4 heterocycles. The number of carbonyl (C=O) groups is 2.